The molecule has 1 aliphatic rings. The molecule has 0 unspecified atom stereocenters. The van der Waals surface area contributed by atoms with Crippen LogP contribution >= 0.6 is 0 Å². The number of methoxy groups -OCH3 is 4. The average Bonchev–Trinajstić information content (AvgIpc) is 3.17. The summed E-state index contributed by atoms with van der Waals surface area (Å²) in [4.78, 5) is 26.4. The molecule has 0 aromatic heterocycles. The zero-order valence-corrected chi connectivity index (χ0v) is 18.8. The number of benzene rings is 2. The first kappa shape index (κ1) is 23.1. The minimum atomic E-state index is -0.308. The lowest BCUT2D eigenvalue weighted by Crippen LogP contribution is -2.43. The van der Waals surface area contributed by atoms with E-state index >= 15 is 0 Å². The number of hydrogen-bond acceptors (Lipinski definition) is 6. The number of hydrogen-bond donors (Lipinski definition) is 2. The molecule has 1 fully saturated rings. The molecule has 0 saturated carbocycles. The Morgan fingerprint density at radius 1 is 0.938 bits per heavy atom. The molecule has 32 heavy (non-hydrogen) atoms. The van der Waals surface area contributed by atoms with Crippen LogP contribution in [0.3, 0.4) is 0 Å². The van der Waals surface area contributed by atoms with Crippen molar-refractivity contribution in [3.8, 4) is 23.0 Å². The van der Waals surface area contributed by atoms with Crippen molar-refractivity contribution in [1.29, 1.82) is 0 Å². The van der Waals surface area contributed by atoms with Crippen LogP contribution in [0.4, 0.5) is 10.5 Å². The summed E-state index contributed by atoms with van der Waals surface area (Å²) in [6.45, 7) is 0.832. The van der Waals surface area contributed by atoms with Gasteiger partial charge in [0.05, 0.1) is 34.5 Å². The summed E-state index contributed by atoms with van der Waals surface area (Å²) in [5.74, 6) is 2.38. The van der Waals surface area contributed by atoms with Crippen molar-refractivity contribution in [1.82, 2.24) is 10.6 Å². The van der Waals surface area contributed by atoms with E-state index in [1.807, 2.05) is 18.2 Å². The van der Waals surface area contributed by atoms with Crippen LogP contribution in [0.15, 0.2) is 36.4 Å². The summed E-state index contributed by atoms with van der Waals surface area (Å²) < 4.78 is 21.1. The molecule has 3 amide bonds. The molecule has 0 aliphatic carbocycles. The molecule has 2 aromatic rings. The zero-order valence-electron chi connectivity index (χ0n) is 18.8. The molecule has 3 rings (SSSR count). The molecule has 0 radical (unpaired) electrons. The van der Waals surface area contributed by atoms with Gasteiger partial charge >= 0.3 is 6.03 Å². The number of carbonyl (C=O) groups excluding carboxylic acids is 2. The van der Waals surface area contributed by atoms with Gasteiger partial charge in [0.25, 0.3) is 0 Å². The number of ether oxygens (including phenoxy) is 4. The molecule has 1 aliphatic heterocycles. The van der Waals surface area contributed by atoms with Crippen LogP contribution in [0, 0.1) is 0 Å². The Morgan fingerprint density at radius 2 is 1.56 bits per heavy atom. The molecule has 1 heterocycles. The maximum atomic E-state index is 12.5. The van der Waals surface area contributed by atoms with Crippen LogP contribution in [0.1, 0.15) is 12.0 Å². The number of nitrogens with zero attached hydrogens (tertiary/aromatic N) is 1. The molecular weight excluding hydrogens is 414 g/mol. The van der Waals surface area contributed by atoms with Crippen molar-refractivity contribution < 1.29 is 28.5 Å². The SMILES string of the molecule is COc1ccc(CCNC(=O)N[C@H]2CC(=O)N(c3ccc(OC)c(OC)c3)C2)cc1OC. The minimum absolute atomic E-state index is 0.0622. The Balaban J connectivity index is 1.50. The van der Waals surface area contributed by atoms with Gasteiger partial charge in [0.1, 0.15) is 0 Å². The van der Waals surface area contributed by atoms with Crippen molar-refractivity contribution in [3.63, 3.8) is 0 Å². The number of urea groups is 1. The third kappa shape index (κ3) is 5.35. The first-order chi connectivity index (χ1) is 15.5. The Labute approximate surface area is 187 Å². The smallest absolute Gasteiger partial charge is 0.315 e. The third-order valence-corrected chi connectivity index (χ3v) is 5.29. The fraction of sp³-hybridized carbons (Fsp3) is 0.391. The van der Waals surface area contributed by atoms with Gasteiger partial charge in [-0.1, -0.05) is 6.07 Å². The standard InChI is InChI=1S/C23H29N3O6/c1-29-18-7-5-15(11-20(18)31-3)9-10-24-23(28)25-16-12-22(27)26(14-16)17-6-8-19(30-2)21(13-17)32-4/h5-8,11,13,16H,9-10,12,14H2,1-4H3,(H2,24,25,28)/t16-/m0/s1. The van der Waals surface area contributed by atoms with E-state index < -0.39 is 0 Å². The summed E-state index contributed by atoms with van der Waals surface area (Å²) in [7, 11) is 6.28. The number of anilines is 1. The predicted molar refractivity (Wildman–Crippen MR) is 120 cm³/mol. The van der Waals surface area contributed by atoms with Crippen LogP contribution in [0.5, 0.6) is 23.0 Å². The van der Waals surface area contributed by atoms with Gasteiger partial charge < -0.3 is 34.5 Å². The predicted octanol–water partition coefficient (Wildman–Crippen LogP) is 2.37. The number of amides is 3. The maximum Gasteiger partial charge on any atom is 0.315 e. The van der Waals surface area contributed by atoms with Crippen molar-refractivity contribution >= 4 is 17.6 Å². The molecule has 0 spiro atoms. The molecule has 172 valence electrons. The topological polar surface area (TPSA) is 98.4 Å². The van der Waals surface area contributed by atoms with E-state index in [0.29, 0.717) is 48.2 Å². The van der Waals surface area contributed by atoms with Gasteiger partial charge in [-0.3, -0.25) is 4.79 Å². The molecule has 9 nitrogen and oxygen atoms in total. The molecule has 1 saturated heterocycles. The van der Waals surface area contributed by atoms with Gasteiger partial charge in [0.15, 0.2) is 23.0 Å². The van der Waals surface area contributed by atoms with Crippen molar-refractivity contribution in [3.05, 3.63) is 42.0 Å². The van der Waals surface area contributed by atoms with E-state index in [-0.39, 0.29) is 24.4 Å². The summed E-state index contributed by atoms with van der Waals surface area (Å²) in [5, 5.41) is 5.71. The van der Waals surface area contributed by atoms with Gasteiger partial charge in [-0.05, 0) is 36.2 Å². The second-order valence-electron chi connectivity index (χ2n) is 7.28. The molecule has 9 heteroatoms. The van der Waals surface area contributed by atoms with E-state index in [9.17, 15) is 9.59 Å². The monoisotopic (exact) mass is 443 g/mol. The third-order valence-electron chi connectivity index (χ3n) is 5.29. The second kappa shape index (κ2) is 10.6. The first-order valence-electron chi connectivity index (χ1n) is 10.3. The van der Waals surface area contributed by atoms with Crippen molar-refractivity contribution in [2.75, 3.05) is 46.4 Å². The van der Waals surface area contributed by atoms with Gasteiger partial charge in [0.2, 0.25) is 5.91 Å². The van der Waals surface area contributed by atoms with E-state index in [0.717, 1.165) is 5.56 Å². The number of nitrogens with one attached hydrogen (secondary N) is 2. The lowest BCUT2D eigenvalue weighted by Gasteiger charge is -2.19. The van der Waals surface area contributed by atoms with Crippen LogP contribution in [-0.2, 0) is 11.2 Å². The van der Waals surface area contributed by atoms with Crippen molar-refractivity contribution in [2.24, 2.45) is 0 Å². The van der Waals surface area contributed by atoms with Crippen LogP contribution in [0.2, 0.25) is 0 Å². The Morgan fingerprint density at radius 3 is 2.22 bits per heavy atom. The Kier molecular flexibility index (Phi) is 7.64. The van der Waals surface area contributed by atoms with Gasteiger partial charge in [-0.25, -0.2) is 4.79 Å². The normalized spacial score (nSPS) is 15.3. The molecule has 0 bridgehead atoms. The highest BCUT2D eigenvalue weighted by Gasteiger charge is 2.32. The highest BCUT2D eigenvalue weighted by Crippen LogP contribution is 2.33. The van der Waals surface area contributed by atoms with Gasteiger partial charge in [-0.15, -0.1) is 0 Å². The Hall–Kier alpha value is -3.62. The summed E-state index contributed by atoms with van der Waals surface area (Å²) in [6, 6.07) is 10.4. The van der Waals surface area contributed by atoms with Gasteiger partial charge in [-0.2, -0.15) is 0 Å². The minimum Gasteiger partial charge on any atom is -0.493 e. The quantitative estimate of drug-likeness (QED) is 0.618. The average molecular weight is 444 g/mol. The zero-order chi connectivity index (χ0) is 23.1. The fourth-order valence-electron chi connectivity index (χ4n) is 3.64. The van der Waals surface area contributed by atoms with Crippen LogP contribution in [0.25, 0.3) is 0 Å². The van der Waals surface area contributed by atoms with Crippen molar-refractivity contribution in [2.45, 2.75) is 18.9 Å². The highest BCUT2D eigenvalue weighted by atomic mass is 16.5. The molecule has 2 N–H and O–H groups in total. The summed E-state index contributed by atoms with van der Waals surface area (Å²) >= 11 is 0. The fourth-order valence-corrected chi connectivity index (χ4v) is 3.64. The van der Waals surface area contributed by atoms with Crippen LogP contribution < -0.4 is 34.5 Å². The van der Waals surface area contributed by atoms with Crippen LogP contribution in [-0.4, -0.2) is 59.5 Å². The van der Waals surface area contributed by atoms with E-state index in [1.165, 1.54) is 0 Å². The Bertz CT molecular complexity index is 965. The molecule has 2 aromatic carbocycles. The largest absolute Gasteiger partial charge is 0.493 e. The summed E-state index contributed by atoms with van der Waals surface area (Å²) in [6.07, 6.45) is 0.868. The number of carbonyl (C=O) groups is 2. The lowest BCUT2D eigenvalue weighted by atomic mass is 10.1. The maximum absolute atomic E-state index is 12.5. The van der Waals surface area contributed by atoms with Gasteiger partial charge in [0, 0.05) is 31.3 Å². The first-order valence-corrected chi connectivity index (χ1v) is 10.3. The van der Waals surface area contributed by atoms with E-state index in [1.54, 1.807) is 51.5 Å². The molecule has 1 atom stereocenters. The second-order valence-corrected chi connectivity index (χ2v) is 7.28. The number of rotatable bonds is 9. The summed E-state index contributed by atoms with van der Waals surface area (Å²) in [5.41, 5.74) is 1.71. The highest BCUT2D eigenvalue weighted by molar-refractivity contribution is 5.97. The van der Waals surface area contributed by atoms with E-state index in [2.05, 4.69) is 10.6 Å². The van der Waals surface area contributed by atoms with E-state index in [4.69, 9.17) is 18.9 Å². The molecular formula is C23H29N3O6. The lowest BCUT2D eigenvalue weighted by molar-refractivity contribution is -0.117.